The summed E-state index contributed by atoms with van der Waals surface area (Å²) < 4.78 is 16.6. The minimum atomic E-state index is -0.507. The monoisotopic (exact) mass is 457 g/mol. The highest BCUT2D eigenvalue weighted by Gasteiger charge is 2.37. The summed E-state index contributed by atoms with van der Waals surface area (Å²) in [6, 6.07) is 14.6. The van der Waals surface area contributed by atoms with Gasteiger partial charge in [-0.1, -0.05) is 24.3 Å². The lowest BCUT2D eigenvalue weighted by molar-refractivity contribution is -0.131. The predicted molar refractivity (Wildman–Crippen MR) is 126 cm³/mol. The first-order valence-corrected chi connectivity index (χ1v) is 11.7. The zero-order chi connectivity index (χ0) is 23.2. The third kappa shape index (κ3) is 3.79. The second-order valence-electron chi connectivity index (χ2n) is 9.28. The Balaban J connectivity index is 1.26. The summed E-state index contributed by atoms with van der Waals surface area (Å²) in [7, 11) is 0. The number of nitrogens with zero attached hydrogens (tertiary/aromatic N) is 4. The van der Waals surface area contributed by atoms with Crippen LogP contribution in [0.2, 0.25) is 0 Å². The van der Waals surface area contributed by atoms with Crippen LogP contribution in [0.3, 0.4) is 0 Å². The van der Waals surface area contributed by atoms with Gasteiger partial charge in [0.25, 0.3) is 0 Å². The maximum absolute atomic E-state index is 15.3. The number of fused-ring (bicyclic) bond motifs is 1. The number of halogens is 1. The first-order chi connectivity index (χ1) is 16.6. The number of pyridine rings is 1. The van der Waals surface area contributed by atoms with Crippen LogP contribution in [-0.2, 0) is 11.2 Å². The molecule has 0 unspecified atom stereocenters. The van der Waals surface area contributed by atoms with E-state index in [4.69, 9.17) is 0 Å². The molecule has 1 aliphatic heterocycles. The zero-order valence-electron chi connectivity index (χ0n) is 18.6. The molecule has 1 aliphatic carbocycles. The average Bonchev–Trinajstić information content (AvgIpc) is 3.50. The van der Waals surface area contributed by atoms with E-state index in [9.17, 15) is 9.59 Å². The van der Waals surface area contributed by atoms with Crippen molar-refractivity contribution in [1.82, 2.24) is 24.6 Å². The van der Waals surface area contributed by atoms with E-state index in [1.807, 2.05) is 35.2 Å². The molecule has 1 saturated carbocycles. The summed E-state index contributed by atoms with van der Waals surface area (Å²) in [5, 5.41) is 7.62. The van der Waals surface area contributed by atoms with Crippen molar-refractivity contribution in [3.05, 3.63) is 76.9 Å². The summed E-state index contributed by atoms with van der Waals surface area (Å²) in [6.07, 6.45) is 5.06. The smallest absolute Gasteiger partial charge is 0.342 e. The topological polar surface area (TPSA) is 83.9 Å². The molecule has 1 atom stereocenters. The van der Waals surface area contributed by atoms with Gasteiger partial charge in [-0.2, -0.15) is 5.10 Å². The number of aromatic amines is 1. The zero-order valence-corrected chi connectivity index (χ0v) is 18.6. The van der Waals surface area contributed by atoms with E-state index < -0.39 is 11.5 Å². The third-order valence-corrected chi connectivity index (χ3v) is 6.85. The Morgan fingerprint density at radius 1 is 1.09 bits per heavy atom. The van der Waals surface area contributed by atoms with E-state index in [1.54, 1.807) is 18.3 Å². The first kappa shape index (κ1) is 20.8. The number of hydrogen-bond acceptors (Lipinski definition) is 4. The van der Waals surface area contributed by atoms with Gasteiger partial charge in [0.05, 0.1) is 11.2 Å². The molecule has 172 valence electrons. The van der Waals surface area contributed by atoms with E-state index in [2.05, 4.69) is 15.2 Å². The van der Waals surface area contributed by atoms with Crippen molar-refractivity contribution in [3.8, 4) is 16.8 Å². The van der Waals surface area contributed by atoms with Crippen LogP contribution >= 0.6 is 0 Å². The average molecular weight is 458 g/mol. The number of rotatable bonds is 5. The minimum absolute atomic E-state index is 0.162. The lowest BCUT2D eigenvalue weighted by Crippen LogP contribution is -2.30. The van der Waals surface area contributed by atoms with E-state index in [-0.39, 0.29) is 23.4 Å². The Kier molecular flexibility index (Phi) is 5.01. The van der Waals surface area contributed by atoms with Gasteiger partial charge in [-0.3, -0.25) is 9.78 Å². The summed E-state index contributed by atoms with van der Waals surface area (Å²) in [5.74, 6) is 0.615. The van der Waals surface area contributed by atoms with Crippen LogP contribution in [0.4, 0.5) is 4.39 Å². The Morgan fingerprint density at radius 3 is 2.76 bits per heavy atom. The highest BCUT2D eigenvalue weighted by Crippen LogP contribution is 2.33. The fourth-order valence-corrected chi connectivity index (χ4v) is 4.86. The van der Waals surface area contributed by atoms with Gasteiger partial charge < -0.3 is 4.90 Å². The second kappa shape index (κ2) is 8.20. The van der Waals surface area contributed by atoms with Crippen molar-refractivity contribution >= 4 is 16.8 Å². The second-order valence-corrected chi connectivity index (χ2v) is 9.28. The highest BCUT2D eigenvalue weighted by molar-refractivity contribution is 5.83. The molecule has 8 heteroatoms. The Hall–Kier alpha value is -3.81. The molecule has 0 bridgehead atoms. The number of carbonyl (C=O) groups is 1. The van der Waals surface area contributed by atoms with Crippen LogP contribution in [0.15, 0.2) is 59.5 Å². The normalized spacial score (nSPS) is 18.0. The molecule has 0 radical (unpaired) electrons. The fraction of sp³-hybridized carbons (Fsp3) is 0.308. The molecule has 34 heavy (non-hydrogen) atoms. The molecule has 2 aromatic heterocycles. The van der Waals surface area contributed by atoms with Crippen molar-refractivity contribution in [1.29, 1.82) is 0 Å². The Bertz CT molecular complexity index is 1460. The van der Waals surface area contributed by atoms with Gasteiger partial charge >= 0.3 is 5.69 Å². The van der Waals surface area contributed by atoms with E-state index >= 15 is 4.39 Å². The maximum Gasteiger partial charge on any atom is 0.348 e. The number of nitrogens with one attached hydrogen (secondary N) is 1. The molecule has 1 saturated heterocycles. The predicted octanol–water partition coefficient (Wildman–Crippen LogP) is 3.72. The summed E-state index contributed by atoms with van der Waals surface area (Å²) in [5.41, 5.74) is 2.05. The van der Waals surface area contributed by atoms with Crippen molar-refractivity contribution < 1.29 is 9.18 Å². The SMILES string of the molecule is O=C(C1CC1)N1CC[C@@H](Cc2n[nH]c(=O)n2-c2ccc(-c3cnc4ccccc4c3)cc2F)C1. The van der Waals surface area contributed by atoms with Crippen molar-refractivity contribution in [3.63, 3.8) is 0 Å². The molecule has 7 nitrogen and oxygen atoms in total. The van der Waals surface area contributed by atoms with Crippen LogP contribution in [-0.4, -0.2) is 43.6 Å². The number of H-pyrrole nitrogens is 1. The van der Waals surface area contributed by atoms with Gasteiger partial charge in [0, 0.05) is 42.6 Å². The molecule has 0 spiro atoms. The highest BCUT2D eigenvalue weighted by atomic mass is 19.1. The van der Waals surface area contributed by atoms with Gasteiger partial charge in [0.15, 0.2) is 0 Å². The van der Waals surface area contributed by atoms with Gasteiger partial charge in [0.2, 0.25) is 5.91 Å². The Morgan fingerprint density at radius 2 is 1.94 bits per heavy atom. The van der Waals surface area contributed by atoms with Crippen molar-refractivity contribution in [2.45, 2.75) is 25.7 Å². The van der Waals surface area contributed by atoms with Crippen molar-refractivity contribution in [2.75, 3.05) is 13.1 Å². The number of carbonyl (C=O) groups excluding carboxylic acids is 1. The number of aromatic nitrogens is 4. The largest absolute Gasteiger partial charge is 0.348 e. The molecule has 6 rings (SSSR count). The summed E-state index contributed by atoms with van der Waals surface area (Å²) >= 11 is 0. The van der Waals surface area contributed by atoms with Crippen LogP contribution in [0.25, 0.3) is 27.7 Å². The molecule has 2 aliphatic rings. The van der Waals surface area contributed by atoms with E-state index in [1.165, 1.54) is 10.6 Å². The fourth-order valence-electron chi connectivity index (χ4n) is 4.86. The van der Waals surface area contributed by atoms with Gasteiger partial charge in [-0.25, -0.2) is 18.9 Å². The number of benzene rings is 2. The van der Waals surface area contributed by atoms with E-state index in [0.717, 1.165) is 42.3 Å². The number of hydrogen-bond donors (Lipinski definition) is 1. The molecule has 4 aromatic rings. The van der Waals surface area contributed by atoms with Gasteiger partial charge in [-0.05, 0) is 55.0 Å². The van der Waals surface area contributed by atoms with Crippen molar-refractivity contribution in [2.24, 2.45) is 11.8 Å². The molecule has 2 aromatic carbocycles. The van der Waals surface area contributed by atoms with E-state index in [0.29, 0.717) is 24.4 Å². The maximum atomic E-state index is 15.3. The first-order valence-electron chi connectivity index (χ1n) is 11.7. The van der Waals surface area contributed by atoms with Crippen LogP contribution in [0.1, 0.15) is 25.1 Å². The van der Waals surface area contributed by atoms with Gasteiger partial charge in [-0.15, -0.1) is 0 Å². The Labute approximate surface area is 195 Å². The molecular weight excluding hydrogens is 433 g/mol. The third-order valence-electron chi connectivity index (χ3n) is 6.85. The number of amides is 1. The van der Waals surface area contributed by atoms with Crippen LogP contribution in [0.5, 0.6) is 0 Å². The standard InChI is InChI=1S/C26H24FN5O2/c27-21-13-18(20-12-19-3-1-2-4-22(19)28-14-20)7-8-23(21)32-24(29-30-26(32)34)11-16-9-10-31(15-16)25(33)17-5-6-17/h1-4,7-8,12-14,16-17H,5-6,9-11,15H2,(H,30,34)/t16-/m0/s1. The van der Waals surface area contributed by atoms with Crippen LogP contribution < -0.4 is 5.69 Å². The quantitative estimate of drug-likeness (QED) is 0.495. The summed E-state index contributed by atoms with van der Waals surface area (Å²) in [6.45, 7) is 1.39. The molecule has 3 heterocycles. The van der Waals surface area contributed by atoms with Crippen LogP contribution in [0, 0.1) is 17.7 Å². The lowest BCUT2D eigenvalue weighted by Gasteiger charge is -2.16. The number of para-hydroxylation sites is 1. The van der Waals surface area contributed by atoms with Gasteiger partial charge in [0.1, 0.15) is 11.6 Å². The molecule has 1 N–H and O–H groups in total. The minimum Gasteiger partial charge on any atom is -0.342 e. The summed E-state index contributed by atoms with van der Waals surface area (Å²) in [4.78, 5) is 31.3. The molecule has 2 fully saturated rings. The lowest BCUT2D eigenvalue weighted by atomic mass is 10.0. The molecule has 1 amide bonds. The molecular formula is C26H24FN5O2. The number of likely N-dealkylation sites (tertiary alicyclic amines) is 1.